The van der Waals surface area contributed by atoms with Crippen LogP contribution >= 0.6 is 0 Å². The maximum atomic E-state index is 13.3. The molecule has 3 N–H and O–H groups in total. The molecule has 3 nitrogen and oxygen atoms in total. The van der Waals surface area contributed by atoms with Gasteiger partial charge in [0.25, 0.3) is 0 Å². The molecule has 0 aliphatic rings. The molecule has 0 aliphatic heterocycles. The summed E-state index contributed by atoms with van der Waals surface area (Å²) in [5.41, 5.74) is 3.98. The molecule has 1 atom stereocenters. The highest BCUT2D eigenvalue weighted by Gasteiger charge is 2.17. The van der Waals surface area contributed by atoms with Crippen molar-refractivity contribution in [2.75, 3.05) is 7.11 Å². The van der Waals surface area contributed by atoms with E-state index < -0.39 is 0 Å². The molecule has 1 unspecified atom stereocenters. The van der Waals surface area contributed by atoms with Crippen LogP contribution in [0.25, 0.3) is 0 Å². The molecule has 4 heteroatoms. The minimum Gasteiger partial charge on any atom is -0.494 e. The van der Waals surface area contributed by atoms with Crippen molar-refractivity contribution in [3.63, 3.8) is 0 Å². The minimum absolute atomic E-state index is 0.0127. The summed E-state index contributed by atoms with van der Waals surface area (Å²) in [5.74, 6) is 5.48. The van der Waals surface area contributed by atoms with Gasteiger partial charge >= 0.3 is 0 Å². The van der Waals surface area contributed by atoms with Crippen molar-refractivity contribution in [2.45, 2.75) is 39.7 Å². The van der Waals surface area contributed by atoms with Crippen LogP contribution in [0.1, 0.15) is 45.2 Å². The number of hydrogen-bond donors (Lipinski definition) is 2. The van der Waals surface area contributed by atoms with Crippen LogP contribution in [0.5, 0.6) is 5.75 Å². The van der Waals surface area contributed by atoms with Crippen LogP contribution < -0.4 is 16.0 Å². The number of halogens is 1. The van der Waals surface area contributed by atoms with E-state index in [1.165, 1.54) is 13.2 Å². The number of methoxy groups -OCH3 is 1. The summed E-state index contributed by atoms with van der Waals surface area (Å²) in [5, 5.41) is 0. The van der Waals surface area contributed by atoms with E-state index in [1.807, 2.05) is 0 Å². The van der Waals surface area contributed by atoms with Gasteiger partial charge in [-0.15, -0.1) is 0 Å². The van der Waals surface area contributed by atoms with E-state index >= 15 is 0 Å². The van der Waals surface area contributed by atoms with Gasteiger partial charge in [0, 0.05) is 6.04 Å². The fourth-order valence-electron chi connectivity index (χ4n) is 1.82. The average Bonchev–Trinajstić information content (AvgIpc) is 2.30. The van der Waals surface area contributed by atoms with Gasteiger partial charge in [0.15, 0.2) is 11.6 Å². The molecule has 18 heavy (non-hydrogen) atoms. The molecule has 0 aromatic heterocycles. The van der Waals surface area contributed by atoms with Crippen LogP contribution in [0.15, 0.2) is 18.2 Å². The summed E-state index contributed by atoms with van der Waals surface area (Å²) in [6.45, 7) is 6.56. The zero-order valence-corrected chi connectivity index (χ0v) is 11.6. The Kier molecular flexibility index (Phi) is 5.11. The van der Waals surface area contributed by atoms with E-state index in [0.29, 0.717) is 0 Å². The SMILES string of the molecule is COc1cc(C(CCC(C)(C)C)NN)ccc1F. The highest BCUT2D eigenvalue weighted by Crippen LogP contribution is 2.29. The second-order valence-corrected chi connectivity index (χ2v) is 5.71. The van der Waals surface area contributed by atoms with E-state index in [1.54, 1.807) is 12.1 Å². The predicted molar refractivity (Wildman–Crippen MR) is 71.7 cm³/mol. The largest absolute Gasteiger partial charge is 0.494 e. The van der Waals surface area contributed by atoms with Crippen LogP contribution in [0.3, 0.4) is 0 Å². The molecular formula is C14H23FN2O. The molecule has 1 rings (SSSR count). The third-order valence-corrected chi connectivity index (χ3v) is 2.96. The fourth-order valence-corrected chi connectivity index (χ4v) is 1.82. The smallest absolute Gasteiger partial charge is 0.165 e. The number of hydrogen-bond acceptors (Lipinski definition) is 3. The van der Waals surface area contributed by atoms with Gasteiger partial charge in [-0.2, -0.15) is 0 Å². The molecule has 0 amide bonds. The van der Waals surface area contributed by atoms with Gasteiger partial charge in [0.05, 0.1) is 7.11 Å². The molecule has 0 saturated heterocycles. The lowest BCUT2D eigenvalue weighted by Crippen LogP contribution is -2.29. The number of hydrazine groups is 1. The number of nitrogens with two attached hydrogens (primary N) is 1. The van der Waals surface area contributed by atoms with Gasteiger partial charge in [-0.1, -0.05) is 26.8 Å². The summed E-state index contributed by atoms with van der Waals surface area (Å²) < 4.78 is 18.3. The average molecular weight is 254 g/mol. The molecule has 0 aliphatic carbocycles. The Balaban J connectivity index is 2.82. The lowest BCUT2D eigenvalue weighted by atomic mass is 9.87. The summed E-state index contributed by atoms with van der Waals surface area (Å²) >= 11 is 0. The minimum atomic E-state index is -0.354. The van der Waals surface area contributed by atoms with E-state index in [4.69, 9.17) is 10.6 Å². The molecule has 1 aromatic rings. The maximum Gasteiger partial charge on any atom is 0.165 e. The van der Waals surface area contributed by atoms with Crippen molar-refractivity contribution in [1.82, 2.24) is 5.43 Å². The van der Waals surface area contributed by atoms with Crippen molar-refractivity contribution in [1.29, 1.82) is 0 Å². The van der Waals surface area contributed by atoms with Crippen molar-refractivity contribution in [3.05, 3.63) is 29.6 Å². The Bertz CT molecular complexity index is 388. The number of nitrogens with one attached hydrogen (secondary N) is 1. The van der Waals surface area contributed by atoms with Crippen molar-refractivity contribution < 1.29 is 9.13 Å². The number of benzene rings is 1. The molecule has 102 valence electrons. The van der Waals surface area contributed by atoms with Crippen LogP contribution in [0.4, 0.5) is 4.39 Å². The molecule has 0 spiro atoms. The van der Waals surface area contributed by atoms with Crippen molar-refractivity contribution in [3.8, 4) is 5.75 Å². The van der Waals surface area contributed by atoms with Gasteiger partial charge in [-0.25, -0.2) is 4.39 Å². The number of ether oxygens (including phenoxy) is 1. The van der Waals surface area contributed by atoms with E-state index in [2.05, 4.69) is 26.2 Å². The van der Waals surface area contributed by atoms with Crippen LogP contribution in [0.2, 0.25) is 0 Å². The quantitative estimate of drug-likeness (QED) is 0.626. The summed E-state index contributed by atoms with van der Waals surface area (Å²) in [6, 6.07) is 4.86. The van der Waals surface area contributed by atoms with Gasteiger partial charge in [-0.3, -0.25) is 11.3 Å². The predicted octanol–water partition coefficient (Wildman–Crippen LogP) is 3.17. The van der Waals surface area contributed by atoms with E-state index in [9.17, 15) is 4.39 Å². The first-order valence-corrected chi connectivity index (χ1v) is 6.17. The number of rotatable bonds is 5. The zero-order chi connectivity index (χ0) is 13.8. The normalized spacial score (nSPS) is 13.4. The van der Waals surface area contributed by atoms with E-state index in [-0.39, 0.29) is 23.0 Å². The standard InChI is InChI=1S/C14H23FN2O/c1-14(2,3)8-7-12(17-16)10-5-6-11(15)13(9-10)18-4/h5-6,9,12,17H,7-8,16H2,1-4H3. The Labute approximate surface area is 108 Å². The first-order valence-electron chi connectivity index (χ1n) is 6.17. The highest BCUT2D eigenvalue weighted by molar-refractivity contribution is 5.32. The van der Waals surface area contributed by atoms with Crippen LogP contribution in [-0.2, 0) is 0 Å². The molecule has 0 saturated carbocycles. The van der Waals surface area contributed by atoms with Gasteiger partial charge in [0.1, 0.15) is 0 Å². The van der Waals surface area contributed by atoms with Gasteiger partial charge in [-0.05, 0) is 36.0 Å². The lowest BCUT2D eigenvalue weighted by Gasteiger charge is -2.23. The molecule has 0 fully saturated rings. The second-order valence-electron chi connectivity index (χ2n) is 5.71. The molecule has 0 heterocycles. The third kappa shape index (κ3) is 4.27. The van der Waals surface area contributed by atoms with Crippen LogP contribution in [-0.4, -0.2) is 7.11 Å². The van der Waals surface area contributed by atoms with Crippen LogP contribution in [0, 0.1) is 11.2 Å². The topological polar surface area (TPSA) is 47.3 Å². The summed E-state index contributed by atoms with van der Waals surface area (Å²) in [6.07, 6.45) is 1.93. The first-order chi connectivity index (χ1) is 8.37. The van der Waals surface area contributed by atoms with E-state index in [0.717, 1.165) is 18.4 Å². The molecule has 0 radical (unpaired) electrons. The first kappa shape index (κ1) is 14.9. The van der Waals surface area contributed by atoms with Crippen molar-refractivity contribution in [2.24, 2.45) is 11.3 Å². The molecular weight excluding hydrogens is 231 g/mol. The Morgan fingerprint density at radius 3 is 2.56 bits per heavy atom. The Morgan fingerprint density at radius 2 is 2.06 bits per heavy atom. The van der Waals surface area contributed by atoms with Crippen molar-refractivity contribution >= 4 is 0 Å². The summed E-state index contributed by atoms with van der Waals surface area (Å²) in [4.78, 5) is 0. The fraction of sp³-hybridized carbons (Fsp3) is 0.571. The summed E-state index contributed by atoms with van der Waals surface area (Å²) in [7, 11) is 1.46. The zero-order valence-electron chi connectivity index (χ0n) is 11.6. The van der Waals surface area contributed by atoms with Gasteiger partial charge in [0.2, 0.25) is 0 Å². The Morgan fingerprint density at radius 1 is 1.39 bits per heavy atom. The lowest BCUT2D eigenvalue weighted by molar-refractivity contribution is 0.332. The second kappa shape index (κ2) is 6.16. The maximum absolute atomic E-state index is 13.3. The van der Waals surface area contributed by atoms with Gasteiger partial charge < -0.3 is 4.74 Å². The molecule has 0 bridgehead atoms. The monoisotopic (exact) mass is 254 g/mol. The molecule has 1 aromatic carbocycles. The Hall–Kier alpha value is -1.13. The highest BCUT2D eigenvalue weighted by atomic mass is 19.1. The third-order valence-electron chi connectivity index (χ3n) is 2.96.